The van der Waals surface area contributed by atoms with Gasteiger partial charge in [0.05, 0.1) is 5.69 Å². The van der Waals surface area contributed by atoms with Crippen molar-refractivity contribution in [1.29, 1.82) is 5.41 Å². The van der Waals surface area contributed by atoms with Crippen LogP contribution in [0.1, 0.15) is 18.3 Å². The first-order valence-corrected chi connectivity index (χ1v) is 3.66. The Labute approximate surface area is 66.7 Å². The Bertz CT molecular complexity index is 271. The molecule has 0 saturated carbocycles. The predicted octanol–water partition coefficient (Wildman–Crippen LogP) is 2.15. The normalized spacial score (nSPS) is 9.55. The van der Waals surface area contributed by atoms with Crippen molar-refractivity contribution in [1.82, 2.24) is 4.57 Å². The van der Waals surface area contributed by atoms with Crippen LogP contribution in [-0.4, -0.2) is 10.8 Å². The zero-order valence-electron chi connectivity index (χ0n) is 6.67. The van der Waals surface area contributed by atoms with E-state index in [-0.39, 0.29) is 0 Å². The standard InChI is InChI=1S/C9H12N2/c1-3-8-5-6-9(7-10)11(8)4-2/h4-7,10H,2-3H2,1H3. The maximum absolute atomic E-state index is 7.08. The summed E-state index contributed by atoms with van der Waals surface area (Å²) in [4.78, 5) is 0. The Kier molecular flexibility index (Phi) is 2.26. The minimum Gasteiger partial charge on any atom is -0.320 e. The van der Waals surface area contributed by atoms with Gasteiger partial charge in [-0.1, -0.05) is 13.5 Å². The van der Waals surface area contributed by atoms with Crippen LogP contribution < -0.4 is 0 Å². The van der Waals surface area contributed by atoms with Crippen LogP contribution in [0, 0.1) is 5.41 Å². The highest BCUT2D eigenvalue weighted by Gasteiger charge is 1.99. The second-order valence-electron chi connectivity index (χ2n) is 2.30. The number of aromatic nitrogens is 1. The highest BCUT2D eigenvalue weighted by Crippen LogP contribution is 2.07. The van der Waals surface area contributed by atoms with E-state index in [0.717, 1.165) is 12.1 Å². The highest BCUT2D eigenvalue weighted by molar-refractivity contribution is 5.76. The fourth-order valence-corrected chi connectivity index (χ4v) is 1.14. The average Bonchev–Trinajstić information content (AvgIpc) is 2.45. The van der Waals surface area contributed by atoms with Gasteiger partial charge in [0.25, 0.3) is 0 Å². The van der Waals surface area contributed by atoms with Crippen molar-refractivity contribution in [2.45, 2.75) is 13.3 Å². The molecule has 0 amide bonds. The van der Waals surface area contributed by atoms with Gasteiger partial charge in [-0.3, -0.25) is 0 Å². The second kappa shape index (κ2) is 3.19. The SMILES string of the molecule is C=Cn1c(C=N)ccc1CC. The first kappa shape index (κ1) is 7.79. The van der Waals surface area contributed by atoms with Crippen LogP contribution in [0.25, 0.3) is 6.20 Å². The highest BCUT2D eigenvalue weighted by atomic mass is 15.0. The van der Waals surface area contributed by atoms with E-state index in [1.165, 1.54) is 11.9 Å². The van der Waals surface area contributed by atoms with E-state index < -0.39 is 0 Å². The van der Waals surface area contributed by atoms with Crippen LogP contribution in [0.2, 0.25) is 0 Å². The number of rotatable bonds is 3. The molecule has 11 heavy (non-hydrogen) atoms. The van der Waals surface area contributed by atoms with Crippen molar-refractivity contribution in [3.05, 3.63) is 30.1 Å². The summed E-state index contributed by atoms with van der Waals surface area (Å²) in [6.07, 6.45) is 4.04. The molecule has 0 aliphatic carbocycles. The molecule has 0 fully saturated rings. The van der Waals surface area contributed by atoms with Gasteiger partial charge in [0.2, 0.25) is 0 Å². The van der Waals surface area contributed by atoms with Crippen LogP contribution in [0.5, 0.6) is 0 Å². The molecule has 0 aromatic carbocycles. The van der Waals surface area contributed by atoms with Crippen LogP contribution in [0.4, 0.5) is 0 Å². The second-order valence-corrected chi connectivity index (χ2v) is 2.30. The van der Waals surface area contributed by atoms with Gasteiger partial charge in [-0.15, -0.1) is 0 Å². The van der Waals surface area contributed by atoms with E-state index in [0.29, 0.717) is 0 Å². The molecule has 2 heteroatoms. The average molecular weight is 148 g/mol. The lowest BCUT2D eigenvalue weighted by Crippen LogP contribution is -1.96. The molecule has 1 aromatic rings. The molecule has 0 saturated heterocycles. The van der Waals surface area contributed by atoms with Crippen LogP contribution in [-0.2, 0) is 6.42 Å². The summed E-state index contributed by atoms with van der Waals surface area (Å²) in [5.74, 6) is 0. The smallest absolute Gasteiger partial charge is 0.0628 e. The molecule has 1 rings (SSSR count). The van der Waals surface area contributed by atoms with Gasteiger partial charge in [-0.25, -0.2) is 0 Å². The summed E-state index contributed by atoms with van der Waals surface area (Å²) in [7, 11) is 0. The lowest BCUT2D eigenvalue weighted by atomic mass is 10.3. The van der Waals surface area contributed by atoms with Crippen molar-refractivity contribution in [3.8, 4) is 0 Å². The molecule has 0 bridgehead atoms. The van der Waals surface area contributed by atoms with E-state index in [9.17, 15) is 0 Å². The fraction of sp³-hybridized carbons (Fsp3) is 0.222. The predicted molar refractivity (Wildman–Crippen MR) is 48.1 cm³/mol. The Balaban J connectivity index is 3.18. The van der Waals surface area contributed by atoms with E-state index in [4.69, 9.17) is 5.41 Å². The number of aryl methyl sites for hydroxylation is 1. The zero-order valence-corrected chi connectivity index (χ0v) is 6.67. The third-order valence-corrected chi connectivity index (χ3v) is 1.73. The quantitative estimate of drug-likeness (QED) is 0.636. The van der Waals surface area contributed by atoms with Gasteiger partial charge < -0.3 is 9.98 Å². The van der Waals surface area contributed by atoms with E-state index >= 15 is 0 Å². The molecular formula is C9H12N2. The van der Waals surface area contributed by atoms with Gasteiger partial charge in [0.1, 0.15) is 0 Å². The molecule has 1 heterocycles. The molecule has 0 aliphatic heterocycles. The van der Waals surface area contributed by atoms with Gasteiger partial charge in [-0.2, -0.15) is 0 Å². The fourth-order valence-electron chi connectivity index (χ4n) is 1.14. The van der Waals surface area contributed by atoms with Gasteiger partial charge in [0, 0.05) is 18.1 Å². The molecule has 0 radical (unpaired) electrons. The monoisotopic (exact) mass is 148 g/mol. The van der Waals surface area contributed by atoms with Crippen molar-refractivity contribution in [2.24, 2.45) is 0 Å². The van der Waals surface area contributed by atoms with E-state index in [1.54, 1.807) is 6.20 Å². The van der Waals surface area contributed by atoms with Crippen molar-refractivity contribution < 1.29 is 0 Å². The minimum absolute atomic E-state index is 0.886. The molecule has 0 aliphatic rings. The van der Waals surface area contributed by atoms with E-state index in [2.05, 4.69) is 13.5 Å². The van der Waals surface area contributed by atoms with Crippen LogP contribution in [0.15, 0.2) is 18.7 Å². The molecule has 1 aromatic heterocycles. The molecule has 0 unspecified atom stereocenters. The van der Waals surface area contributed by atoms with Crippen LogP contribution in [0.3, 0.4) is 0 Å². The summed E-state index contributed by atoms with van der Waals surface area (Å²) in [6.45, 7) is 5.77. The summed E-state index contributed by atoms with van der Waals surface area (Å²) >= 11 is 0. The summed E-state index contributed by atoms with van der Waals surface area (Å²) in [6, 6.07) is 3.94. The van der Waals surface area contributed by atoms with E-state index in [1.807, 2.05) is 16.7 Å². The molecular weight excluding hydrogens is 136 g/mol. The number of nitrogens with zero attached hydrogens (tertiary/aromatic N) is 1. The molecule has 0 spiro atoms. The summed E-state index contributed by atoms with van der Waals surface area (Å²) in [5.41, 5.74) is 2.08. The number of nitrogens with one attached hydrogen (secondary N) is 1. The summed E-state index contributed by atoms with van der Waals surface area (Å²) in [5, 5.41) is 7.08. The Morgan fingerprint density at radius 1 is 1.64 bits per heavy atom. The molecule has 58 valence electrons. The first-order chi connectivity index (χ1) is 5.33. The molecule has 0 atom stereocenters. The van der Waals surface area contributed by atoms with Gasteiger partial charge in [0.15, 0.2) is 0 Å². The lowest BCUT2D eigenvalue weighted by molar-refractivity contribution is 0.974. The summed E-state index contributed by atoms with van der Waals surface area (Å²) < 4.78 is 1.92. The lowest BCUT2D eigenvalue weighted by Gasteiger charge is -2.01. The molecule has 1 N–H and O–H groups in total. The van der Waals surface area contributed by atoms with Gasteiger partial charge in [-0.05, 0) is 18.6 Å². The maximum Gasteiger partial charge on any atom is 0.0628 e. The third kappa shape index (κ3) is 1.24. The number of hydrogen-bond acceptors (Lipinski definition) is 1. The van der Waals surface area contributed by atoms with Crippen molar-refractivity contribution >= 4 is 12.4 Å². The van der Waals surface area contributed by atoms with Gasteiger partial charge >= 0.3 is 0 Å². The Morgan fingerprint density at radius 3 is 2.82 bits per heavy atom. The number of hydrogen-bond donors (Lipinski definition) is 1. The third-order valence-electron chi connectivity index (χ3n) is 1.73. The van der Waals surface area contributed by atoms with Crippen molar-refractivity contribution in [3.63, 3.8) is 0 Å². The topological polar surface area (TPSA) is 28.8 Å². The van der Waals surface area contributed by atoms with Crippen LogP contribution >= 0.6 is 0 Å². The minimum atomic E-state index is 0.886. The first-order valence-electron chi connectivity index (χ1n) is 3.66. The Morgan fingerprint density at radius 2 is 2.36 bits per heavy atom. The molecule has 2 nitrogen and oxygen atoms in total. The van der Waals surface area contributed by atoms with Crippen molar-refractivity contribution in [2.75, 3.05) is 0 Å². The largest absolute Gasteiger partial charge is 0.320 e. The zero-order chi connectivity index (χ0) is 8.27. The Hall–Kier alpha value is -1.31. The maximum atomic E-state index is 7.08.